The van der Waals surface area contributed by atoms with Crippen molar-refractivity contribution in [3.05, 3.63) is 33.4 Å². The second-order valence-corrected chi connectivity index (χ2v) is 3.46. The molecule has 0 amide bonds. The lowest BCUT2D eigenvalue weighted by Gasteiger charge is -2.20. The number of esters is 1. The number of fused-ring (bicyclic) bond motifs is 1. The molecule has 1 aromatic rings. The molecule has 1 atom stereocenters. The molecule has 2 rings (SSSR count). The molecule has 4 heteroatoms. The molecule has 74 valence electrons. The monoisotopic (exact) mass is 194 g/mol. The van der Waals surface area contributed by atoms with Gasteiger partial charge in [0.1, 0.15) is 11.9 Å². The summed E-state index contributed by atoms with van der Waals surface area (Å²) in [6.45, 7) is 3.38. The van der Waals surface area contributed by atoms with E-state index in [-0.39, 0.29) is 6.10 Å². The van der Waals surface area contributed by atoms with Crippen LogP contribution in [-0.2, 0) is 11.2 Å². The molecule has 4 nitrogen and oxygen atoms in total. The van der Waals surface area contributed by atoms with E-state index in [1.165, 1.54) is 0 Å². The van der Waals surface area contributed by atoms with E-state index in [4.69, 9.17) is 9.15 Å². The van der Waals surface area contributed by atoms with Crippen molar-refractivity contribution in [1.29, 1.82) is 0 Å². The molecule has 0 fully saturated rings. The predicted octanol–water partition coefficient (Wildman–Crippen LogP) is 1.05. The highest BCUT2D eigenvalue weighted by atomic mass is 16.5. The second kappa shape index (κ2) is 2.97. The van der Waals surface area contributed by atoms with Crippen LogP contribution in [0.2, 0.25) is 0 Å². The molecular weight excluding hydrogens is 184 g/mol. The molecule has 0 radical (unpaired) electrons. The third-order valence-corrected chi connectivity index (χ3v) is 2.19. The molecule has 0 aliphatic carbocycles. The van der Waals surface area contributed by atoms with Crippen molar-refractivity contribution < 1.29 is 13.9 Å². The molecule has 1 unspecified atom stereocenters. The minimum atomic E-state index is -0.435. The fourth-order valence-corrected chi connectivity index (χ4v) is 1.59. The Labute approximate surface area is 80.5 Å². The maximum Gasteiger partial charge on any atom is 0.340 e. The summed E-state index contributed by atoms with van der Waals surface area (Å²) in [5.41, 5.74) is 0.347. The molecular formula is C10H10O4. The number of hydrogen-bond acceptors (Lipinski definition) is 4. The van der Waals surface area contributed by atoms with Crippen molar-refractivity contribution in [3.8, 4) is 0 Å². The highest BCUT2D eigenvalue weighted by Crippen LogP contribution is 2.18. The standard InChI is InChI=1S/C10H10O4/c1-5-3-7-8(9(11)13-5)4-6(2)14-10(7)12/h3,6H,4H2,1-2H3. The van der Waals surface area contributed by atoms with E-state index in [2.05, 4.69) is 0 Å². The number of carbonyl (C=O) groups excluding carboxylic acids is 1. The molecule has 1 aliphatic heterocycles. The Balaban J connectivity index is 2.65. The van der Waals surface area contributed by atoms with Gasteiger partial charge in [-0.2, -0.15) is 0 Å². The van der Waals surface area contributed by atoms with Gasteiger partial charge in [-0.15, -0.1) is 0 Å². The van der Waals surface area contributed by atoms with Gasteiger partial charge in [-0.1, -0.05) is 0 Å². The van der Waals surface area contributed by atoms with Gasteiger partial charge < -0.3 is 9.15 Å². The van der Waals surface area contributed by atoms with E-state index in [0.29, 0.717) is 23.3 Å². The molecule has 0 bridgehead atoms. The number of carbonyl (C=O) groups is 1. The van der Waals surface area contributed by atoms with Crippen LogP contribution in [0.15, 0.2) is 15.3 Å². The van der Waals surface area contributed by atoms with E-state index < -0.39 is 11.6 Å². The number of hydrogen-bond donors (Lipinski definition) is 0. The van der Waals surface area contributed by atoms with Crippen LogP contribution in [0.5, 0.6) is 0 Å². The number of ether oxygens (including phenoxy) is 1. The summed E-state index contributed by atoms with van der Waals surface area (Å²) in [6.07, 6.45) is 0.185. The van der Waals surface area contributed by atoms with Crippen LogP contribution < -0.4 is 5.63 Å². The fourth-order valence-electron chi connectivity index (χ4n) is 1.59. The summed E-state index contributed by atoms with van der Waals surface area (Å²) >= 11 is 0. The van der Waals surface area contributed by atoms with Gasteiger partial charge in [0.2, 0.25) is 0 Å². The summed E-state index contributed by atoms with van der Waals surface area (Å²) in [5, 5.41) is 0. The lowest BCUT2D eigenvalue weighted by molar-refractivity contribution is 0.0295. The third-order valence-electron chi connectivity index (χ3n) is 2.19. The maximum atomic E-state index is 11.4. The zero-order chi connectivity index (χ0) is 10.3. The molecule has 1 aromatic heterocycles. The van der Waals surface area contributed by atoms with E-state index >= 15 is 0 Å². The molecule has 0 aromatic carbocycles. The zero-order valence-electron chi connectivity index (χ0n) is 7.99. The Hall–Kier alpha value is -1.58. The van der Waals surface area contributed by atoms with Gasteiger partial charge in [-0.25, -0.2) is 9.59 Å². The summed E-state index contributed by atoms with van der Waals surface area (Å²) in [4.78, 5) is 22.8. The Morgan fingerprint density at radius 3 is 2.86 bits per heavy atom. The fraction of sp³-hybridized carbons (Fsp3) is 0.400. The van der Waals surface area contributed by atoms with Gasteiger partial charge in [0, 0.05) is 6.42 Å². The van der Waals surface area contributed by atoms with Crippen LogP contribution in [0.4, 0.5) is 0 Å². The summed E-state index contributed by atoms with van der Waals surface area (Å²) in [7, 11) is 0. The molecule has 0 saturated carbocycles. The van der Waals surface area contributed by atoms with Crippen LogP contribution in [-0.4, -0.2) is 12.1 Å². The molecule has 14 heavy (non-hydrogen) atoms. The van der Waals surface area contributed by atoms with Crippen LogP contribution in [0.1, 0.15) is 28.6 Å². The van der Waals surface area contributed by atoms with Crippen molar-refractivity contribution in [2.45, 2.75) is 26.4 Å². The Morgan fingerprint density at radius 1 is 1.43 bits per heavy atom. The largest absolute Gasteiger partial charge is 0.459 e. The normalized spacial score (nSPS) is 20.1. The minimum absolute atomic E-state index is 0.249. The first kappa shape index (κ1) is 8.99. The van der Waals surface area contributed by atoms with Gasteiger partial charge in [-0.3, -0.25) is 0 Å². The third kappa shape index (κ3) is 1.32. The van der Waals surface area contributed by atoms with Gasteiger partial charge in [0.25, 0.3) is 0 Å². The van der Waals surface area contributed by atoms with Crippen molar-refractivity contribution in [1.82, 2.24) is 0 Å². The van der Waals surface area contributed by atoms with Crippen LogP contribution >= 0.6 is 0 Å². The lowest BCUT2D eigenvalue weighted by atomic mass is 10.0. The first-order chi connectivity index (χ1) is 6.58. The number of aryl methyl sites for hydroxylation is 1. The van der Waals surface area contributed by atoms with Crippen LogP contribution in [0, 0.1) is 6.92 Å². The predicted molar refractivity (Wildman–Crippen MR) is 48.3 cm³/mol. The molecule has 0 saturated heterocycles. The average Bonchev–Trinajstić information content (AvgIpc) is 2.07. The van der Waals surface area contributed by atoms with Crippen molar-refractivity contribution in [2.24, 2.45) is 0 Å². The first-order valence-corrected chi connectivity index (χ1v) is 4.42. The Bertz CT molecular complexity index is 444. The molecule has 0 N–H and O–H groups in total. The quantitative estimate of drug-likeness (QED) is 0.579. The highest BCUT2D eigenvalue weighted by molar-refractivity contribution is 5.92. The minimum Gasteiger partial charge on any atom is -0.459 e. The second-order valence-electron chi connectivity index (χ2n) is 3.46. The zero-order valence-corrected chi connectivity index (χ0v) is 7.99. The van der Waals surface area contributed by atoms with Gasteiger partial charge in [0.15, 0.2) is 0 Å². The molecule has 1 aliphatic rings. The van der Waals surface area contributed by atoms with E-state index in [1.807, 2.05) is 0 Å². The first-order valence-electron chi connectivity index (χ1n) is 4.42. The highest BCUT2D eigenvalue weighted by Gasteiger charge is 2.26. The molecule has 0 spiro atoms. The van der Waals surface area contributed by atoms with Crippen LogP contribution in [0.3, 0.4) is 0 Å². The van der Waals surface area contributed by atoms with Gasteiger partial charge in [-0.05, 0) is 19.9 Å². The average molecular weight is 194 g/mol. The van der Waals surface area contributed by atoms with Gasteiger partial charge in [0.05, 0.1) is 11.1 Å². The smallest absolute Gasteiger partial charge is 0.340 e. The number of cyclic esters (lactones) is 1. The van der Waals surface area contributed by atoms with Crippen LogP contribution in [0.25, 0.3) is 0 Å². The van der Waals surface area contributed by atoms with E-state index in [9.17, 15) is 9.59 Å². The van der Waals surface area contributed by atoms with Gasteiger partial charge >= 0.3 is 11.6 Å². The summed E-state index contributed by atoms with van der Waals surface area (Å²) in [5.74, 6) is -0.00463. The van der Waals surface area contributed by atoms with E-state index in [0.717, 1.165) is 0 Å². The Kier molecular flexibility index (Phi) is 1.91. The van der Waals surface area contributed by atoms with Crippen molar-refractivity contribution in [2.75, 3.05) is 0 Å². The lowest BCUT2D eigenvalue weighted by Crippen LogP contribution is -2.30. The van der Waals surface area contributed by atoms with Crippen molar-refractivity contribution in [3.63, 3.8) is 0 Å². The summed E-state index contributed by atoms with van der Waals surface area (Å²) < 4.78 is 9.91. The van der Waals surface area contributed by atoms with E-state index in [1.54, 1.807) is 19.9 Å². The van der Waals surface area contributed by atoms with Crippen molar-refractivity contribution >= 4 is 5.97 Å². The molecule has 2 heterocycles. The SMILES string of the molecule is Cc1cc2c(c(=O)o1)CC(C)OC2=O. The Morgan fingerprint density at radius 2 is 2.14 bits per heavy atom. The summed E-state index contributed by atoms with van der Waals surface area (Å²) in [6, 6.07) is 1.55. The number of rotatable bonds is 0. The topological polar surface area (TPSA) is 56.5 Å². The maximum absolute atomic E-state index is 11.4.